The molecular weight excluding hydrogens is 409 g/mol. The van der Waals surface area contributed by atoms with Crippen molar-refractivity contribution in [1.29, 1.82) is 0 Å². The number of ether oxygens (including phenoxy) is 1. The number of rotatable bonds is 9. The van der Waals surface area contributed by atoms with Crippen molar-refractivity contribution in [3.05, 3.63) is 69.7 Å². The van der Waals surface area contributed by atoms with Crippen LogP contribution in [0.2, 0.25) is 10.0 Å². The van der Waals surface area contributed by atoms with E-state index in [1.54, 1.807) is 24.3 Å². The van der Waals surface area contributed by atoms with Gasteiger partial charge in [-0.05, 0) is 43.6 Å². The average Bonchev–Trinajstić information content (AvgIpc) is 2.74. The lowest BCUT2D eigenvalue weighted by Crippen LogP contribution is -2.39. The van der Waals surface area contributed by atoms with Crippen LogP contribution in [0, 0.1) is 0 Å². The number of hydrogen-bond acceptors (Lipinski definition) is 4. The second-order valence-electron chi connectivity index (χ2n) is 7.52. The van der Waals surface area contributed by atoms with Crippen LogP contribution < -0.4 is 0 Å². The normalized spacial score (nSPS) is 17.1. The zero-order valence-electron chi connectivity index (χ0n) is 16.4. The van der Waals surface area contributed by atoms with Crippen LogP contribution in [0.1, 0.15) is 35.2 Å². The summed E-state index contributed by atoms with van der Waals surface area (Å²) >= 11 is 12.1. The van der Waals surface area contributed by atoms with Crippen molar-refractivity contribution in [3.8, 4) is 0 Å². The predicted molar refractivity (Wildman–Crippen MR) is 117 cm³/mol. The van der Waals surface area contributed by atoms with Crippen LogP contribution in [0.4, 0.5) is 0 Å². The van der Waals surface area contributed by atoms with Gasteiger partial charge in [0.05, 0.1) is 22.8 Å². The highest BCUT2D eigenvalue weighted by Gasteiger charge is 2.24. The van der Waals surface area contributed by atoms with E-state index < -0.39 is 12.2 Å². The van der Waals surface area contributed by atoms with Crippen LogP contribution in [0.3, 0.4) is 0 Å². The number of aliphatic hydroxyl groups is 1. The third kappa shape index (κ3) is 6.80. The number of benzene rings is 2. The van der Waals surface area contributed by atoms with Gasteiger partial charge in [0, 0.05) is 18.5 Å². The van der Waals surface area contributed by atoms with Crippen LogP contribution in [-0.4, -0.2) is 54.2 Å². The number of hydrogen-bond donors (Lipinski definition) is 1. The number of β-amino-alcohol motifs (C(OH)–C–C–N with tert-alkyl or cyclic N) is 1. The lowest BCUT2D eigenvalue weighted by atomic mass is 10.00. The van der Waals surface area contributed by atoms with E-state index in [0.29, 0.717) is 28.6 Å². The first-order chi connectivity index (χ1) is 14.0. The highest BCUT2D eigenvalue weighted by molar-refractivity contribution is 6.42. The van der Waals surface area contributed by atoms with Gasteiger partial charge in [0.1, 0.15) is 6.10 Å². The molecule has 1 aliphatic rings. The van der Waals surface area contributed by atoms with E-state index in [1.165, 1.54) is 19.3 Å². The van der Waals surface area contributed by atoms with E-state index in [0.717, 1.165) is 18.7 Å². The number of nitrogens with zero attached hydrogens (tertiary/aromatic N) is 1. The summed E-state index contributed by atoms with van der Waals surface area (Å²) in [5.41, 5.74) is 1.45. The Balaban J connectivity index is 1.66. The van der Waals surface area contributed by atoms with Crippen molar-refractivity contribution >= 4 is 29.0 Å². The third-order valence-corrected chi connectivity index (χ3v) is 5.90. The van der Waals surface area contributed by atoms with Gasteiger partial charge in [0.2, 0.25) is 0 Å². The standard InChI is InChI=1S/C23H27Cl2NO3/c24-20-10-9-17(13-21(20)25)14-22(23(28)18-7-3-1-4-8-18)29-16-19(27)15-26-11-5-2-6-12-26/h1,3-4,7-10,13,19,22,27H,2,5-6,11-12,14-16H2. The molecule has 0 amide bonds. The van der Waals surface area contributed by atoms with Gasteiger partial charge >= 0.3 is 0 Å². The number of ketones is 1. The first-order valence-electron chi connectivity index (χ1n) is 10.1. The Morgan fingerprint density at radius 1 is 1.03 bits per heavy atom. The van der Waals surface area contributed by atoms with Gasteiger partial charge in [-0.15, -0.1) is 0 Å². The smallest absolute Gasteiger partial charge is 0.191 e. The molecule has 2 aromatic rings. The minimum atomic E-state index is -0.703. The molecule has 3 rings (SSSR count). The number of aliphatic hydroxyl groups excluding tert-OH is 1. The lowest BCUT2D eigenvalue weighted by Gasteiger charge is -2.29. The van der Waals surface area contributed by atoms with Crippen LogP contribution in [-0.2, 0) is 11.2 Å². The van der Waals surface area contributed by atoms with Crippen LogP contribution >= 0.6 is 23.2 Å². The summed E-state index contributed by atoms with van der Waals surface area (Å²) in [7, 11) is 0. The van der Waals surface area contributed by atoms with E-state index in [2.05, 4.69) is 4.90 Å². The summed E-state index contributed by atoms with van der Waals surface area (Å²) in [5, 5.41) is 11.3. The molecular formula is C23H27Cl2NO3. The zero-order valence-corrected chi connectivity index (χ0v) is 17.9. The molecule has 0 aliphatic carbocycles. The number of likely N-dealkylation sites (tertiary alicyclic amines) is 1. The zero-order chi connectivity index (χ0) is 20.6. The van der Waals surface area contributed by atoms with Gasteiger partial charge in [0.25, 0.3) is 0 Å². The SMILES string of the molecule is O=C(c1ccccc1)C(Cc1ccc(Cl)c(Cl)c1)OCC(O)CN1CCCCC1. The molecule has 4 nitrogen and oxygen atoms in total. The molecule has 2 aromatic carbocycles. The van der Waals surface area contributed by atoms with Gasteiger partial charge < -0.3 is 14.7 Å². The molecule has 1 N–H and O–H groups in total. The Labute approximate surface area is 182 Å². The first-order valence-corrected chi connectivity index (χ1v) is 10.8. The van der Waals surface area contributed by atoms with E-state index in [1.807, 2.05) is 24.3 Å². The van der Waals surface area contributed by atoms with Crippen molar-refractivity contribution in [1.82, 2.24) is 4.90 Å². The Hall–Kier alpha value is -1.43. The second kappa shape index (κ2) is 11.1. The summed E-state index contributed by atoms with van der Waals surface area (Å²) in [4.78, 5) is 15.3. The Morgan fingerprint density at radius 2 is 1.76 bits per heavy atom. The van der Waals surface area contributed by atoms with Gasteiger partial charge in [0.15, 0.2) is 5.78 Å². The number of halogens is 2. The molecule has 2 atom stereocenters. The Morgan fingerprint density at radius 3 is 2.45 bits per heavy atom. The largest absolute Gasteiger partial charge is 0.389 e. The van der Waals surface area contributed by atoms with Crippen molar-refractivity contribution in [2.45, 2.75) is 37.9 Å². The Bertz CT molecular complexity index is 794. The molecule has 0 spiro atoms. The van der Waals surface area contributed by atoms with Gasteiger partial charge in [-0.2, -0.15) is 0 Å². The molecule has 1 aliphatic heterocycles. The predicted octanol–water partition coefficient (Wildman–Crippen LogP) is 4.65. The number of carbonyl (C=O) groups excluding carboxylic acids is 1. The molecule has 2 unspecified atom stereocenters. The van der Waals surface area contributed by atoms with E-state index in [4.69, 9.17) is 27.9 Å². The van der Waals surface area contributed by atoms with E-state index >= 15 is 0 Å². The minimum Gasteiger partial charge on any atom is -0.389 e. The maximum atomic E-state index is 13.0. The molecule has 1 saturated heterocycles. The van der Waals surface area contributed by atoms with Crippen molar-refractivity contribution in [3.63, 3.8) is 0 Å². The molecule has 1 heterocycles. The van der Waals surface area contributed by atoms with Gasteiger partial charge in [-0.3, -0.25) is 4.79 Å². The van der Waals surface area contributed by atoms with Crippen LogP contribution in [0.25, 0.3) is 0 Å². The molecule has 1 fully saturated rings. The topological polar surface area (TPSA) is 49.8 Å². The number of carbonyl (C=O) groups is 1. The molecule has 0 saturated carbocycles. The third-order valence-electron chi connectivity index (χ3n) is 5.16. The van der Waals surface area contributed by atoms with Gasteiger partial charge in [-0.1, -0.05) is 66.0 Å². The maximum Gasteiger partial charge on any atom is 0.191 e. The average molecular weight is 436 g/mol. The van der Waals surface area contributed by atoms with E-state index in [-0.39, 0.29) is 12.4 Å². The lowest BCUT2D eigenvalue weighted by molar-refractivity contribution is -0.0151. The summed E-state index contributed by atoms with van der Waals surface area (Å²) in [6.07, 6.45) is 2.61. The van der Waals surface area contributed by atoms with Gasteiger partial charge in [-0.25, -0.2) is 0 Å². The quantitative estimate of drug-likeness (QED) is 0.582. The summed E-state index contributed by atoms with van der Waals surface area (Å²) in [6.45, 7) is 2.69. The molecule has 0 aromatic heterocycles. The van der Waals surface area contributed by atoms with Crippen LogP contribution in [0.5, 0.6) is 0 Å². The van der Waals surface area contributed by atoms with Crippen LogP contribution in [0.15, 0.2) is 48.5 Å². The molecule has 0 radical (unpaired) electrons. The summed E-state index contributed by atoms with van der Waals surface area (Å²) in [5.74, 6) is -0.109. The monoisotopic (exact) mass is 435 g/mol. The molecule has 0 bridgehead atoms. The summed E-state index contributed by atoms with van der Waals surface area (Å²) < 4.78 is 5.93. The van der Waals surface area contributed by atoms with E-state index in [9.17, 15) is 9.90 Å². The van der Waals surface area contributed by atoms with Crippen molar-refractivity contribution in [2.24, 2.45) is 0 Å². The summed E-state index contributed by atoms with van der Waals surface area (Å²) in [6, 6.07) is 14.4. The maximum absolute atomic E-state index is 13.0. The second-order valence-corrected chi connectivity index (χ2v) is 8.33. The Kier molecular flexibility index (Phi) is 8.52. The number of piperidine rings is 1. The highest BCUT2D eigenvalue weighted by Crippen LogP contribution is 2.24. The van der Waals surface area contributed by atoms with Crippen molar-refractivity contribution < 1.29 is 14.6 Å². The number of Topliss-reactive ketones (excluding diaryl/α,β-unsaturated/α-hetero) is 1. The highest BCUT2D eigenvalue weighted by atomic mass is 35.5. The molecule has 156 valence electrons. The fourth-order valence-corrected chi connectivity index (χ4v) is 3.94. The minimum absolute atomic E-state index is 0.109. The molecule has 29 heavy (non-hydrogen) atoms. The fraction of sp³-hybridized carbons (Fsp3) is 0.435. The van der Waals surface area contributed by atoms with Crippen molar-refractivity contribution in [2.75, 3.05) is 26.2 Å². The first kappa shape index (κ1) is 22.3. The fourth-order valence-electron chi connectivity index (χ4n) is 3.62. The molecule has 6 heteroatoms.